The molecule has 0 fully saturated rings. The fourth-order valence-corrected chi connectivity index (χ4v) is 6.97. The lowest BCUT2D eigenvalue weighted by molar-refractivity contribution is -0.103. The molecule has 8 rings (SSSR count). The maximum Gasteiger partial charge on any atom is 0.338 e. The summed E-state index contributed by atoms with van der Waals surface area (Å²) < 4.78 is 18.6. The number of ether oxygens (including phenoxy) is 3. The second-order valence-corrected chi connectivity index (χ2v) is 12.0. The fourth-order valence-electron chi connectivity index (χ4n) is 6.97. The van der Waals surface area contributed by atoms with E-state index in [-0.39, 0.29) is 16.7 Å². The highest BCUT2D eigenvalue weighted by molar-refractivity contribution is 6.24. The van der Waals surface area contributed by atoms with Crippen LogP contribution in [0.25, 0.3) is 42.8 Å². The smallest absolute Gasteiger partial charge is 0.338 e. The Bertz CT molecular complexity index is 2430. The molecule has 1 aliphatic rings. The van der Waals surface area contributed by atoms with Gasteiger partial charge in [0, 0.05) is 10.5 Å². The largest absolute Gasteiger partial charge is 0.454 e. The number of hydrogen-bond donors (Lipinski definition) is 0. The molecule has 0 saturated carbocycles. The van der Waals surface area contributed by atoms with Gasteiger partial charge in [0.05, 0.1) is 16.7 Å². The Balaban J connectivity index is 1.38. The SMILES string of the molecule is [N-]=[N+]=N[C@H]1c2c(cc3ccc4cccc5ccc2c3c45)[C@@H](OC(=O)c2ccccc2)[C@H](OC(=O)c2ccccc2)[C@@H]1OC(=O)c1ccccc1. The topological polar surface area (TPSA) is 128 Å². The summed E-state index contributed by atoms with van der Waals surface area (Å²) >= 11 is 0. The fraction of sp³-hybridized carbons (Fsp3) is 0.0976. The third-order valence-corrected chi connectivity index (χ3v) is 9.18. The maximum atomic E-state index is 13.8. The van der Waals surface area contributed by atoms with E-state index < -0.39 is 42.3 Å². The molecule has 0 radical (unpaired) electrons. The molecule has 0 saturated heterocycles. The van der Waals surface area contributed by atoms with Crippen LogP contribution in [0.4, 0.5) is 0 Å². The van der Waals surface area contributed by atoms with E-state index in [9.17, 15) is 19.9 Å². The number of hydrogen-bond acceptors (Lipinski definition) is 7. The third-order valence-electron chi connectivity index (χ3n) is 9.18. The van der Waals surface area contributed by atoms with Crippen molar-refractivity contribution >= 4 is 50.2 Å². The number of rotatable bonds is 7. The summed E-state index contributed by atoms with van der Waals surface area (Å²) in [5.74, 6) is -2.15. The van der Waals surface area contributed by atoms with Gasteiger partial charge in [0.25, 0.3) is 0 Å². The Hall–Kier alpha value is -6.70. The van der Waals surface area contributed by atoms with Gasteiger partial charge in [0.2, 0.25) is 0 Å². The predicted octanol–water partition coefficient (Wildman–Crippen LogP) is 9.30. The minimum absolute atomic E-state index is 0.232. The van der Waals surface area contributed by atoms with Gasteiger partial charge in [0.1, 0.15) is 6.04 Å². The Morgan fingerprint density at radius 1 is 0.540 bits per heavy atom. The van der Waals surface area contributed by atoms with E-state index in [1.165, 1.54) is 0 Å². The van der Waals surface area contributed by atoms with E-state index in [1.54, 1.807) is 91.0 Å². The van der Waals surface area contributed by atoms with Gasteiger partial charge in [-0.2, -0.15) is 0 Å². The van der Waals surface area contributed by atoms with Gasteiger partial charge in [-0.3, -0.25) is 0 Å². The summed E-state index contributed by atoms with van der Waals surface area (Å²) in [6.45, 7) is 0. The average Bonchev–Trinajstić information content (AvgIpc) is 3.17. The minimum Gasteiger partial charge on any atom is -0.454 e. The van der Waals surface area contributed by atoms with E-state index in [0.29, 0.717) is 11.1 Å². The molecule has 1 aliphatic carbocycles. The predicted molar refractivity (Wildman–Crippen MR) is 188 cm³/mol. The minimum atomic E-state index is -1.42. The lowest BCUT2D eigenvalue weighted by atomic mass is 9.77. The Labute approximate surface area is 285 Å². The van der Waals surface area contributed by atoms with Gasteiger partial charge in [-0.25, -0.2) is 14.4 Å². The molecule has 50 heavy (non-hydrogen) atoms. The Kier molecular flexibility index (Phi) is 7.79. The van der Waals surface area contributed by atoms with E-state index in [2.05, 4.69) is 10.0 Å². The first kappa shape index (κ1) is 30.6. The monoisotopic (exact) mass is 657 g/mol. The third kappa shape index (κ3) is 5.32. The molecule has 0 N–H and O–H groups in total. The number of fused-ring (bicyclic) bond motifs is 2. The van der Waals surface area contributed by atoms with Crippen LogP contribution in [-0.2, 0) is 14.2 Å². The Morgan fingerprint density at radius 2 is 1.04 bits per heavy atom. The first-order valence-corrected chi connectivity index (χ1v) is 16.0. The zero-order chi connectivity index (χ0) is 34.2. The zero-order valence-electron chi connectivity index (χ0n) is 26.4. The van der Waals surface area contributed by atoms with E-state index in [1.807, 2.05) is 48.5 Å². The molecule has 9 heteroatoms. The number of carbonyl (C=O) groups excluding carboxylic acids is 3. The van der Waals surface area contributed by atoms with E-state index >= 15 is 0 Å². The van der Waals surface area contributed by atoms with Crippen molar-refractivity contribution in [3.63, 3.8) is 0 Å². The average molecular weight is 658 g/mol. The molecule has 7 aromatic carbocycles. The van der Waals surface area contributed by atoms with Gasteiger partial charge >= 0.3 is 17.9 Å². The number of azide groups is 1. The first-order valence-electron chi connectivity index (χ1n) is 16.0. The molecule has 0 heterocycles. The van der Waals surface area contributed by atoms with Crippen molar-refractivity contribution in [1.29, 1.82) is 0 Å². The molecular weight excluding hydrogens is 630 g/mol. The van der Waals surface area contributed by atoms with Crippen molar-refractivity contribution in [2.75, 3.05) is 0 Å². The maximum absolute atomic E-state index is 13.8. The van der Waals surface area contributed by atoms with Crippen LogP contribution in [-0.4, -0.2) is 30.1 Å². The van der Waals surface area contributed by atoms with Crippen LogP contribution < -0.4 is 0 Å². The molecule has 242 valence electrons. The molecule has 0 bridgehead atoms. The lowest BCUT2D eigenvalue weighted by Gasteiger charge is -2.41. The lowest BCUT2D eigenvalue weighted by Crippen LogP contribution is -2.48. The molecule has 9 nitrogen and oxygen atoms in total. The highest BCUT2D eigenvalue weighted by Crippen LogP contribution is 2.50. The molecule has 7 aromatic rings. The normalized spacial score (nSPS) is 18.2. The zero-order valence-corrected chi connectivity index (χ0v) is 26.4. The molecular formula is C41H27N3O6. The highest BCUT2D eigenvalue weighted by Gasteiger charge is 2.50. The van der Waals surface area contributed by atoms with Crippen LogP contribution in [0.5, 0.6) is 0 Å². The van der Waals surface area contributed by atoms with E-state index in [0.717, 1.165) is 32.3 Å². The van der Waals surface area contributed by atoms with Crippen molar-refractivity contribution in [3.8, 4) is 0 Å². The van der Waals surface area contributed by atoms with Crippen LogP contribution in [0.15, 0.2) is 145 Å². The molecule has 0 unspecified atom stereocenters. The van der Waals surface area contributed by atoms with Gasteiger partial charge in [0.15, 0.2) is 18.3 Å². The molecule has 0 spiro atoms. The summed E-state index contributed by atoms with van der Waals surface area (Å²) in [6, 6.07) is 39.8. The standard InChI is InChI=1S/C41H27N3O6/c42-44-43-35-34-30-22-21-25-18-10-17-24-19-20-29(33(30)32(24)25)23-31(34)36(48-39(45)26-11-4-1-5-12-26)38(50-41(47)28-15-8-3-9-16-28)37(35)49-40(46)27-13-6-2-7-14-27/h1-23,35-38H/t35-,36+,37+,38-/m0/s1. The number of esters is 3. The van der Waals surface area contributed by atoms with Crippen LogP contribution >= 0.6 is 0 Å². The molecule has 4 atom stereocenters. The number of nitrogens with zero attached hydrogens (tertiary/aromatic N) is 3. The summed E-state index contributed by atoms with van der Waals surface area (Å²) in [7, 11) is 0. The summed E-state index contributed by atoms with van der Waals surface area (Å²) in [5, 5.41) is 9.75. The molecule has 0 aromatic heterocycles. The second kappa shape index (κ2) is 12.7. The molecule has 0 aliphatic heterocycles. The van der Waals surface area contributed by atoms with Crippen molar-refractivity contribution in [2.45, 2.75) is 24.4 Å². The van der Waals surface area contributed by atoms with Gasteiger partial charge in [-0.05, 0) is 85.9 Å². The summed E-state index contributed by atoms with van der Waals surface area (Å²) in [4.78, 5) is 44.5. The van der Waals surface area contributed by atoms with Crippen molar-refractivity contribution in [1.82, 2.24) is 0 Å². The summed E-state index contributed by atoms with van der Waals surface area (Å²) in [5.41, 5.74) is 11.7. The second-order valence-electron chi connectivity index (χ2n) is 12.0. The number of carbonyl (C=O) groups is 3. The van der Waals surface area contributed by atoms with Crippen molar-refractivity contribution < 1.29 is 28.6 Å². The van der Waals surface area contributed by atoms with Crippen LogP contribution in [0.2, 0.25) is 0 Å². The van der Waals surface area contributed by atoms with Crippen molar-refractivity contribution in [2.24, 2.45) is 5.11 Å². The molecule has 0 amide bonds. The van der Waals surface area contributed by atoms with Gasteiger partial charge < -0.3 is 14.2 Å². The van der Waals surface area contributed by atoms with Crippen LogP contribution in [0, 0.1) is 0 Å². The van der Waals surface area contributed by atoms with Crippen LogP contribution in [0.3, 0.4) is 0 Å². The van der Waals surface area contributed by atoms with Crippen molar-refractivity contribution in [3.05, 3.63) is 178 Å². The summed E-state index contributed by atoms with van der Waals surface area (Å²) in [6.07, 6.45) is -4.09. The quantitative estimate of drug-likeness (QED) is 0.0420. The van der Waals surface area contributed by atoms with Gasteiger partial charge in [-0.15, -0.1) is 0 Å². The van der Waals surface area contributed by atoms with Gasteiger partial charge in [-0.1, -0.05) is 102 Å². The number of benzene rings is 7. The first-order chi connectivity index (χ1) is 24.5. The highest BCUT2D eigenvalue weighted by atomic mass is 16.6. The Morgan fingerprint density at radius 3 is 1.60 bits per heavy atom. The van der Waals surface area contributed by atoms with Crippen LogP contribution in [0.1, 0.15) is 54.3 Å². The van der Waals surface area contributed by atoms with E-state index in [4.69, 9.17) is 14.2 Å².